The number of carbonyl (C=O) groups is 2. The van der Waals surface area contributed by atoms with E-state index in [9.17, 15) is 9.59 Å². The van der Waals surface area contributed by atoms with Gasteiger partial charge < -0.3 is 15.2 Å². The van der Waals surface area contributed by atoms with E-state index in [-0.39, 0.29) is 6.03 Å². The van der Waals surface area contributed by atoms with E-state index >= 15 is 0 Å². The Bertz CT molecular complexity index is 279. The van der Waals surface area contributed by atoms with Crippen molar-refractivity contribution in [2.45, 2.75) is 19.9 Å². The molecule has 1 aliphatic heterocycles. The van der Waals surface area contributed by atoms with Gasteiger partial charge in [-0.05, 0) is 13.8 Å². The molecule has 1 saturated heterocycles. The molecule has 0 aromatic heterocycles. The zero-order chi connectivity index (χ0) is 12.8. The van der Waals surface area contributed by atoms with E-state index in [1.165, 1.54) is 0 Å². The summed E-state index contributed by atoms with van der Waals surface area (Å²) in [6.07, 6.45) is 0. The number of amides is 2. The van der Waals surface area contributed by atoms with Crippen molar-refractivity contribution in [3.8, 4) is 0 Å². The third-order valence-corrected chi connectivity index (χ3v) is 2.77. The average molecular weight is 245 g/mol. The molecule has 3 N–H and O–H groups in total. The maximum atomic E-state index is 11.6. The van der Waals surface area contributed by atoms with Gasteiger partial charge in [0, 0.05) is 19.1 Å². The van der Waals surface area contributed by atoms with E-state index in [2.05, 4.69) is 10.7 Å². The first-order valence-corrected chi connectivity index (χ1v) is 5.63. The highest BCUT2D eigenvalue weighted by Crippen LogP contribution is 2.02. The normalized spacial score (nSPS) is 20.4. The molecule has 0 radical (unpaired) electrons. The highest BCUT2D eigenvalue weighted by atomic mass is 16.5. The van der Waals surface area contributed by atoms with Crippen molar-refractivity contribution in [1.82, 2.24) is 15.8 Å². The second kappa shape index (κ2) is 6.41. The molecule has 7 nitrogen and oxygen atoms in total. The zero-order valence-corrected chi connectivity index (χ0v) is 10.1. The van der Waals surface area contributed by atoms with Crippen LogP contribution in [0.2, 0.25) is 0 Å². The molecule has 0 bridgehead atoms. The maximum absolute atomic E-state index is 11.6. The van der Waals surface area contributed by atoms with Gasteiger partial charge in [-0.15, -0.1) is 0 Å². The first-order chi connectivity index (χ1) is 8.00. The number of urea groups is 1. The number of hydrazine groups is 1. The van der Waals surface area contributed by atoms with Crippen LogP contribution in [-0.4, -0.2) is 54.5 Å². The molecule has 2 amide bonds. The summed E-state index contributed by atoms with van der Waals surface area (Å²) in [6, 6.07) is -0.805. The van der Waals surface area contributed by atoms with Gasteiger partial charge in [-0.1, -0.05) is 0 Å². The number of hydrogen-bond donors (Lipinski definition) is 3. The number of hydrogen-bond acceptors (Lipinski definition) is 4. The number of carbonyl (C=O) groups excluding carboxylic acids is 1. The fourth-order valence-electron chi connectivity index (χ4n) is 1.40. The van der Waals surface area contributed by atoms with Crippen LogP contribution >= 0.6 is 0 Å². The van der Waals surface area contributed by atoms with Crippen LogP contribution in [0, 0.1) is 5.92 Å². The average Bonchev–Trinajstić information content (AvgIpc) is 2.28. The van der Waals surface area contributed by atoms with Crippen molar-refractivity contribution in [2.75, 3.05) is 26.3 Å². The molecule has 17 heavy (non-hydrogen) atoms. The summed E-state index contributed by atoms with van der Waals surface area (Å²) in [4.78, 5) is 22.3. The van der Waals surface area contributed by atoms with Crippen molar-refractivity contribution < 1.29 is 19.4 Å². The number of rotatable bonds is 4. The number of aliphatic carboxylic acids is 1. The van der Waals surface area contributed by atoms with Gasteiger partial charge in [-0.25, -0.2) is 9.80 Å². The van der Waals surface area contributed by atoms with Gasteiger partial charge in [0.05, 0.1) is 19.1 Å². The monoisotopic (exact) mass is 245 g/mol. The highest BCUT2D eigenvalue weighted by Gasteiger charge is 2.22. The van der Waals surface area contributed by atoms with Crippen molar-refractivity contribution in [3.05, 3.63) is 0 Å². The Morgan fingerprint density at radius 1 is 1.29 bits per heavy atom. The minimum atomic E-state index is -0.927. The van der Waals surface area contributed by atoms with E-state index in [0.29, 0.717) is 26.3 Å². The SMILES string of the molecule is CC(NC(=O)NN1CCOCC1)C(C)C(=O)O. The van der Waals surface area contributed by atoms with Crippen molar-refractivity contribution in [2.24, 2.45) is 5.92 Å². The Morgan fingerprint density at radius 3 is 2.41 bits per heavy atom. The van der Waals surface area contributed by atoms with Crippen LogP contribution in [0.4, 0.5) is 4.79 Å². The molecular weight excluding hydrogens is 226 g/mol. The maximum Gasteiger partial charge on any atom is 0.329 e. The Labute approximate surface area is 100 Å². The van der Waals surface area contributed by atoms with E-state index in [1.807, 2.05) is 0 Å². The van der Waals surface area contributed by atoms with Crippen LogP contribution in [0.25, 0.3) is 0 Å². The quantitative estimate of drug-likeness (QED) is 0.629. The van der Waals surface area contributed by atoms with Crippen LogP contribution in [0.1, 0.15) is 13.8 Å². The van der Waals surface area contributed by atoms with Gasteiger partial charge in [0.2, 0.25) is 0 Å². The zero-order valence-electron chi connectivity index (χ0n) is 10.1. The summed E-state index contributed by atoms with van der Waals surface area (Å²) in [5, 5.41) is 13.1. The lowest BCUT2D eigenvalue weighted by molar-refractivity contribution is -0.141. The summed E-state index contributed by atoms with van der Waals surface area (Å²) >= 11 is 0. The van der Waals surface area contributed by atoms with Crippen molar-refractivity contribution >= 4 is 12.0 Å². The van der Waals surface area contributed by atoms with Gasteiger partial charge in [-0.2, -0.15) is 0 Å². The summed E-state index contributed by atoms with van der Waals surface area (Å²) in [6.45, 7) is 5.66. The third-order valence-electron chi connectivity index (χ3n) is 2.77. The standard InChI is InChI=1S/C10H19N3O4/c1-7(9(14)15)8(2)11-10(16)12-13-3-5-17-6-4-13/h7-8H,3-6H2,1-2H3,(H,14,15)(H2,11,12,16). The van der Waals surface area contributed by atoms with Crippen LogP contribution in [0.3, 0.4) is 0 Å². The molecule has 0 saturated carbocycles. The summed E-state index contributed by atoms with van der Waals surface area (Å²) in [5.74, 6) is -1.55. The number of ether oxygens (including phenoxy) is 1. The Kier molecular flexibility index (Phi) is 5.17. The molecule has 1 fully saturated rings. The summed E-state index contributed by atoms with van der Waals surface area (Å²) < 4.78 is 5.14. The van der Waals surface area contributed by atoms with E-state index in [1.54, 1.807) is 18.9 Å². The lowest BCUT2D eigenvalue weighted by atomic mass is 10.0. The minimum absolute atomic E-state index is 0.382. The molecule has 0 aromatic carbocycles. The van der Waals surface area contributed by atoms with E-state index in [0.717, 1.165) is 0 Å². The molecule has 0 aromatic rings. The van der Waals surface area contributed by atoms with Gasteiger partial charge in [0.15, 0.2) is 0 Å². The van der Waals surface area contributed by atoms with E-state index < -0.39 is 17.9 Å². The van der Waals surface area contributed by atoms with Gasteiger partial charge in [-0.3, -0.25) is 10.2 Å². The molecule has 0 spiro atoms. The topological polar surface area (TPSA) is 90.9 Å². The van der Waals surface area contributed by atoms with Crippen LogP contribution in [0.5, 0.6) is 0 Å². The summed E-state index contributed by atoms with van der Waals surface area (Å²) in [5.41, 5.74) is 2.65. The predicted octanol–water partition coefficient (Wildman–Crippen LogP) is -0.358. The van der Waals surface area contributed by atoms with E-state index in [4.69, 9.17) is 9.84 Å². The number of nitrogens with zero attached hydrogens (tertiary/aromatic N) is 1. The second-order valence-electron chi connectivity index (χ2n) is 4.10. The molecular formula is C10H19N3O4. The fraction of sp³-hybridized carbons (Fsp3) is 0.800. The Balaban J connectivity index is 2.30. The second-order valence-corrected chi connectivity index (χ2v) is 4.10. The van der Waals surface area contributed by atoms with Crippen LogP contribution in [0.15, 0.2) is 0 Å². The molecule has 2 atom stereocenters. The molecule has 98 valence electrons. The van der Waals surface area contributed by atoms with Crippen molar-refractivity contribution in [3.63, 3.8) is 0 Å². The van der Waals surface area contributed by atoms with Gasteiger partial charge in [0.25, 0.3) is 0 Å². The fourth-order valence-corrected chi connectivity index (χ4v) is 1.40. The number of carboxylic acids is 1. The molecule has 7 heteroatoms. The first kappa shape index (κ1) is 13.7. The van der Waals surface area contributed by atoms with Gasteiger partial charge in [0.1, 0.15) is 0 Å². The smallest absolute Gasteiger partial charge is 0.329 e. The predicted molar refractivity (Wildman–Crippen MR) is 60.3 cm³/mol. The highest BCUT2D eigenvalue weighted by molar-refractivity contribution is 5.76. The largest absolute Gasteiger partial charge is 0.481 e. The first-order valence-electron chi connectivity index (χ1n) is 5.63. The number of morpholine rings is 1. The lowest BCUT2D eigenvalue weighted by Gasteiger charge is -2.28. The molecule has 1 heterocycles. The minimum Gasteiger partial charge on any atom is -0.481 e. The number of nitrogens with one attached hydrogen (secondary N) is 2. The van der Waals surface area contributed by atoms with Gasteiger partial charge >= 0.3 is 12.0 Å². The molecule has 0 aliphatic carbocycles. The van der Waals surface area contributed by atoms with Crippen LogP contribution < -0.4 is 10.7 Å². The lowest BCUT2D eigenvalue weighted by Crippen LogP contribution is -2.54. The van der Waals surface area contributed by atoms with Crippen molar-refractivity contribution in [1.29, 1.82) is 0 Å². The Hall–Kier alpha value is -1.34. The van der Waals surface area contributed by atoms with Crippen LogP contribution in [-0.2, 0) is 9.53 Å². The third kappa shape index (κ3) is 4.58. The Morgan fingerprint density at radius 2 is 1.88 bits per heavy atom. The number of carboxylic acid groups (broad SMARTS) is 1. The summed E-state index contributed by atoms with van der Waals surface area (Å²) in [7, 11) is 0. The molecule has 2 unspecified atom stereocenters. The molecule has 1 rings (SSSR count). The molecule has 1 aliphatic rings.